The Balaban J connectivity index is 1.06. The molecule has 0 saturated carbocycles. The molecule has 8 heteroatoms. The Labute approximate surface area is 224 Å². The summed E-state index contributed by atoms with van der Waals surface area (Å²) < 4.78 is 12.3. The fourth-order valence-corrected chi connectivity index (χ4v) is 6.83. The Hall–Kier alpha value is -3.10. The van der Waals surface area contributed by atoms with Crippen LogP contribution in [0.2, 0.25) is 0 Å². The highest BCUT2D eigenvalue weighted by atomic mass is 16.5. The first-order valence-corrected chi connectivity index (χ1v) is 13.9. The van der Waals surface area contributed by atoms with E-state index in [-0.39, 0.29) is 36.5 Å². The molecule has 2 saturated heterocycles. The van der Waals surface area contributed by atoms with Gasteiger partial charge < -0.3 is 24.4 Å². The van der Waals surface area contributed by atoms with Gasteiger partial charge in [0.25, 0.3) is 5.91 Å². The van der Waals surface area contributed by atoms with E-state index >= 15 is 0 Å². The largest absolute Gasteiger partial charge is 0.491 e. The van der Waals surface area contributed by atoms with Gasteiger partial charge >= 0.3 is 0 Å². The van der Waals surface area contributed by atoms with Crippen molar-refractivity contribution >= 4 is 11.8 Å². The molecular formula is C30H37N3O5. The zero-order chi connectivity index (χ0) is 26.2. The molecule has 38 heavy (non-hydrogen) atoms. The number of piperidine rings is 1. The van der Waals surface area contributed by atoms with E-state index in [1.165, 1.54) is 11.1 Å². The van der Waals surface area contributed by atoms with E-state index in [0.717, 1.165) is 45.2 Å². The number of amides is 2. The molecule has 0 radical (unpaired) electrons. The smallest absolute Gasteiger partial charge is 0.257 e. The number of aliphatic hydroxyl groups is 1. The van der Waals surface area contributed by atoms with Crippen molar-refractivity contribution in [2.75, 3.05) is 32.8 Å². The molecule has 4 aliphatic heterocycles. The van der Waals surface area contributed by atoms with Crippen molar-refractivity contribution in [2.45, 2.75) is 69.9 Å². The van der Waals surface area contributed by atoms with E-state index in [2.05, 4.69) is 29.2 Å². The summed E-state index contributed by atoms with van der Waals surface area (Å²) in [7, 11) is 0. The number of hydrogen-bond acceptors (Lipinski definition) is 6. The van der Waals surface area contributed by atoms with Gasteiger partial charge in [0.2, 0.25) is 5.91 Å². The van der Waals surface area contributed by atoms with Gasteiger partial charge in [-0.05, 0) is 42.5 Å². The molecule has 4 heterocycles. The van der Waals surface area contributed by atoms with Gasteiger partial charge in [-0.2, -0.15) is 0 Å². The molecule has 2 fully saturated rings. The number of ether oxygens (including phenoxy) is 2. The number of β-amino-alcohol motifs (C(OH)–C–C–N with tert-alkyl or cyclic N) is 1. The lowest BCUT2D eigenvalue weighted by molar-refractivity contribution is -0.134. The minimum Gasteiger partial charge on any atom is -0.491 e. The second-order valence-electron chi connectivity index (χ2n) is 11.2. The predicted molar refractivity (Wildman–Crippen MR) is 142 cm³/mol. The monoisotopic (exact) mass is 519 g/mol. The van der Waals surface area contributed by atoms with Crippen molar-refractivity contribution in [3.8, 4) is 11.5 Å². The zero-order valence-corrected chi connectivity index (χ0v) is 22.1. The maximum absolute atomic E-state index is 13.4. The topological polar surface area (TPSA) is 82.6 Å². The lowest BCUT2D eigenvalue weighted by atomic mass is 9.99. The van der Waals surface area contributed by atoms with E-state index in [9.17, 15) is 14.7 Å². The van der Waals surface area contributed by atoms with Crippen LogP contribution < -0.4 is 9.47 Å². The van der Waals surface area contributed by atoms with Crippen LogP contribution in [-0.4, -0.2) is 88.7 Å². The van der Waals surface area contributed by atoms with E-state index in [1.807, 2.05) is 17.0 Å². The van der Waals surface area contributed by atoms with Gasteiger partial charge in [0.05, 0.1) is 18.2 Å². The summed E-state index contributed by atoms with van der Waals surface area (Å²) in [6, 6.07) is 14.4. The Kier molecular flexibility index (Phi) is 7.01. The number of carbonyl (C=O) groups is 2. The molecule has 2 aromatic carbocycles. The third-order valence-electron chi connectivity index (χ3n) is 8.56. The average molecular weight is 520 g/mol. The van der Waals surface area contributed by atoms with Crippen LogP contribution in [0.25, 0.3) is 0 Å². The zero-order valence-electron chi connectivity index (χ0n) is 22.1. The highest BCUT2D eigenvalue weighted by Gasteiger charge is 2.43. The number of carbonyl (C=O) groups excluding carboxylic acids is 2. The minimum absolute atomic E-state index is 0.0519. The van der Waals surface area contributed by atoms with Crippen LogP contribution in [0.3, 0.4) is 0 Å². The first kappa shape index (κ1) is 25.2. The van der Waals surface area contributed by atoms with Gasteiger partial charge in [0.1, 0.15) is 24.2 Å². The van der Waals surface area contributed by atoms with Crippen molar-refractivity contribution in [2.24, 2.45) is 0 Å². The number of hydrogen-bond donors (Lipinski definition) is 1. The normalized spacial score (nSPS) is 25.7. The molecule has 6 rings (SSSR count). The highest BCUT2D eigenvalue weighted by molar-refractivity contribution is 5.97. The van der Waals surface area contributed by atoms with Crippen LogP contribution in [-0.2, 0) is 17.8 Å². The van der Waals surface area contributed by atoms with Gasteiger partial charge in [0, 0.05) is 64.1 Å². The summed E-state index contributed by atoms with van der Waals surface area (Å²) in [5, 5.41) is 10.9. The standard InChI is InChI=1S/C30H37N3O5/c1-20(34)33-23-6-7-24(33)15-27(14-23)38-26-8-9-28-29(16-26)37-13-12-32(30(28)36)19-25(35)18-31-11-10-21-4-2-3-5-22(21)17-31/h2-5,8-9,16,23-25,27,35H,6-7,10-15,17-19H2,1H3/t23?,24?,25-,27?/m1/s1. The van der Waals surface area contributed by atoms with Crippen molar-refractivity contribution in [1.29, 1.82) is 0 Å². The fourth-order valence-electron chi connectivity index (χ4n) is 6.83. The molecule has 1 N–H and O–H groups in total. The maximum atomic E-state index is 13.4. The summed E-state index contributed by atoms with van der Waals surface area (Å²) in [5.41, 5.74) is 3.20. The van der Waals surface area contributed by atoms with Gasteiger partial charge in [-0.15, -0.1) is 0 Å². The Bertz CT molecular complexity index is 1190. The lowest BCUT2D eigenvalue weighted by Gasteiger charge is -2.38. The van der Waals surface area contributed by atoms with Gasteiger partial charge in [-0.1, -0.05) is 24.3 Å². The number of benzene rings is 2. The van der Waals surface area contributed by atoms with Crippen LogP contribution in [0.4, 0.5) is 0 Å². The molecule has 8 nitrogen and oxygen atoms in total. The molecule has 2 aromatic rings. The van der Waals surface area contributed by atoms with E-state index in [1.54, 1.807) is 17.9 Å². The van der Waals surface area contributed by atoms with Crippen LogP contribution in [0.1, 0.15) is 54.1 Å². The molecule has 2 amide bonds. The molecule has 2 unspecified atom stereocenters. The third kappa shape index (κ3) is 5.12. The van der Waals surface area contributed by atoms with Crippen molar-refractivity contribution in [3.63, 3.8) is 0 Å². The van der Waals surface area contributed by atoms with Gasteiger partial charge in [-0.3, -0.25) is 14.5 Å². The minimum atomic E-state index is -0.635. The van der Waals surface area contributed by atoms with Gasteiger partial charge in [-0.25, -0.2) is 0 Å². The van der Waals surface area contributed by atoms with Crippen LogP contribution >= 0.6 is 0 Å². The molecule has 0 aliphatic carbocycles. The Morgan fingerprint density at radius 1 is 1.08 bits per heavy atom. The van der Waals surface area contributed by atoms with Crippen LogP contribution in [0.15, 0.2) is 42.5 Å². The lowest BCUT2D eigenvalue weighted by Crippen LogP contribution is -2.48. The number of nitrogens with zero attached hydrogens (tertiary/aromatic N) is 3. The summed E-state index contributed by atoms with van der Waals surface area (Å²) in [4.78, 5) is 31.4. The molecule has 3 atom stereocenters. The fraction of sp³-hybridized carbons (Fsp3) is 0.533. The summed E-state index contributed by atoms with van der Waals surface area (Å²) in [6.07, 6.45) is 4.15. The molecule has 202 valence electrons. The van der Waals surface area contributed by atoms with E-state index < -0.39 is 6.10 Å². The van der Waals surface area contributed by atoms with Crippen molar-refractivity contribution in [3.05, 3.63) is 59.2 Å². The number of fused-ring (bicyclic) bond motifs is 4. The number of aliphatic hydroxyl groups excluding tert-OH is 1. The second kappa shape index (κ2) is 10.6. The first-order valence-electron chi connectivity index (χ1n) is 13.9. The van der Waals surface area contributed by atoms with Crippen LogP contribution in [0.5, 0.6) is 11.5 Å². The quantitative estimate of drug-likeness (QED) is 0.632. The summed E-state index contributed by atoms with van der Waals surface area (Å²) in [6.45, 7) is 4.99. The molecular weight excluding hydrogens is 482 g/mol. The van der Waals surface area contributed by atoms with E-state index in [0.29, 0.717) is 36.8 Å². The van der Waals surface area contributed by atoms with Crippen molar-refractivity contribution < 1.29 is 24.2 Å². The Morgan fingerprint density at radius 2 is 1.84 bits per heavy atom. The summed E-state index contributed by atoms with van der Waals surface area (Å²) >= 11 is 0. The van der Waals surface area contributed by atoms with Gasteiger partial charge in [0.15, 0.2) is 0 Å². The predicted octanol–water partition coefficient (Wildman–Crippen LogP) is 2.86. The Morgan fingerprint density at radius 3 is 2.61 bits per heavy atom. The second-order valence-corrected chi connectivity index (χ2v) is 11.2. The first-order chi connectivity index (χ1) is 18.4. The molecule has 2 bridgehead atoms. The third-order valence-corrected chi connectivity index (χ3v) is 8.56. The highest BCUT2D eigenvalue weighted by Crippen LogP contribution is 2.38. The molecule has 0 aromatic heterocycles. The number of rotatable bonds is 6. The van der Waals surface area contributed by atoms with E-state index in [4.69, 9.17) is 9.47 Å². The average Bonchev–Trinajstić information content (AvgIpc) is 3.09. The molecule has 4 aliphatic rings. The SMILES string of the molecule is CC(=O)N1C2CCC1CC(Oc1ccc3c(c1)OCCN(C[C@H](O)CN1CCc4ccccc4C1)C3=O)C2. The maximum Gasteiger partial charge on any atom is 0.257 e. The molecule has 0 spiro atoms. The summed E-state index contributed by atoms with van der Waals surface area (Å²) in [5.74, 6) is 1.25. The van der Waals surface area contributed by atoms with Crippen molar-refractivity contribution in [1.82, 2.24) is 14.7 Å². The van der Waals surface area contributed by atoms with Crippen LogP contribution in [0, 0.1) is 0 Å².